The number of alkyl halides is 3. The van der Waals surface area contributed by atoms with Gasteiger partial charge in [-0.25, -0.2) is 9.97 Å². The van der Waals surface area contributed by atoms with Crippen LogP contribution >= 0.6 is 11.3 Å². The van der Waals surface area contributed by atoms with Crippen LogP contribution in [0.3, 0.4) is 0 Å². The molecule has 0 bridgehead atoms. The molecule has 0 radical (unpaired) electrons. The number of aryl methyl sites for hydroxylation is 1. The molecule has 0 aliphatic heterocycles. The number of hydrogen-bond donors (Lipinski definition) is 2. The van der Waals surface area contributed by atoms with E-state index in [-0.39, 0.29) is 11.8 Å². The zero-order valence-electron chi connectivity index (χ0n) is 16.1. The highest BCUT2D eigenvalue weighted by Gasteiger charge is 2.30. The summed E-state index contributed by atoms with van der Waals surface area (Å²) >= 11 is 1.37. The molecule has 30 heavy (non-hydrogen) atoms. The van der Waals surface area contributed by atoms with Crippen LogP contribution in [0.5, 0.6) is 0 Å². The molecule has 1 saturated carbocycles. The first kappa shape index (κ1) is 20.3. The van der Waals surface area contributed by atoms with E-state index < -0.39 is 11.7 Å². The van der Waals surface area contributed by atoms with E-state index in [2.05, 4.69) is 20.6 Å². The van der Waals surface area contributed by atoms with E-state index in [4.69, 9.17) is 0 Å². The molecule has 9 heteroatoms. The molecule has 0 spiro atoms. The second-order valence-corrected chi connectivity index (χ2v) is 8.18. The Morgan fingerprint density at radius 2 is 2.00 bits per heavy atom. The lowest BCUT2D eigenvalue weighted by Gasteiger charge is -2.23. The lowest BCUT2D eigenvalue weighted by Crippen LogP contribution is -2.27. The maximum Gasteiger partial charge on any atom is 0.416 e. The highest BCUT2D eigenvalue weighted by atomic mass is 32.1. The fourth-order valence-corrected chi connectivity index (χ4v) is 4.12. The zero-order valence-corrected chi connectivity index (χ0v) is 16.9. The number of amides is 1. The summed E-state index contributed by atoms with van der Waals surface area (Å²) in [4.78, 5) is 21.7. The Labute approximate surface area is 175 Å². The third-order valence-corrected chi connectivity index (χ3v) is 6.11. The molecule has 0 saturated heterocycles. The van der Waals surface area contributed by atoms with Crippen molar-refractivity contribution in [1.29, 1.82) is 0 Å². The van der Waals surface area contributed by atoms with Crippen molar-refractivity contribution >= 4 is 33.9 Å². The quantitative estimate of drug-likeness (QED) is 0.518. The number of aromatic nitrogens is 2. The normalized spacial score (nSPS) is 14.3. The van der Waals surface area contributed by atoms with Crippen LogP contribution in [0.15, 0.2) is 42.6 Å². The van der Waals surface area contributed by atoms with Gasteiger partial charge in [0.1, 0.15) is 5.82 Å². The Morgan fingerprint density at radius 3 is 2.70 bits per heavy atom. The number of thiazole rings is 1. The van der Waals surface area contributed by atoms with Gasteiger partial charge in [-0.05, 0) is 55.7 Å². The summed E-state index contributed by atoms with van der Waals surface area (Å²) in [5.41, 5.74) is 1.15. The van der Waals surface area contributed by atoms with Gasteiger partial charge in [0.05, 0.1) is 16.1 Å². The van der Waals surface area contributed by atoms with Crippen molar-refractivity contribution < 1.29 is 18.0 Å². The van der Waals surface area contributed by atoms with Gasteiger partial charge >= 0.3 is 6.18 Å². The number of nitrogens with zero attached hydrogens (tertiary/aromatic N) is 2. The number of carbonyl (C=O) groups is 1. The Morgan fingerprint density at radius 1 is 1.20 bits per heavy atom. The minimum Gasteiger partial charge on any atom is -0.340 e. The molecule has 3 aromatic rings. The van der Waals surface area contributed by atoms with E-state index in [0.29, 0.717) is 16.6 Å². The summed E-state index contributed by atoms with van der Waals surface area (Å²) in [6.07, 6.45) is 0.0823. The fraction of sp³-hybridized carbons (Fsp3) is 0.286. The number of carbonyl (C=O) groups excluding carboxylic acids is 1. The highest BCUT2D eigenvalue weighted by Crippen LogP contribution is 2.36. The van der Waals surface area contributed by atoms with E-state index in [1.54, 1.807) is 24.4 Å². The molecule has 2 heterocycles. The van der Waals surface area contributed by atoms with E-state index in [0.717, 1.165) is 47.5 Å². The first-order valence-electron chi connectivity index (χ1n) is 9.48. The third kappa shape index (κ3) is 4.46. The SMILES string of the molecule is Cc1nc(NC(=O)C2CCC2)sc1-c1ccnc(Nc2cccc(C(F)(F)F)c2)c1. The lowest BCUT2D eigenvalue weighted by molar-refractivity contribution is -0.137. The Kier molecular flexibility index (Phi) is 5.46. The van der Waals surface area contributed by atoms with Gasteiger partial charge in [-0.15, -0.1) is 0 Å². The minimum atomic E-state index is -4.41. The van der Waals surface area contributed by atoms with Crippen molar-refractivity contribution in [2.75, 3.05) is 10.6 Å². The number of hydrogen-bond acceptors (Lipinski definition) is 5. The predicted octanol–water partition coefficient (Wildman–Crippen LogP) is 6.01. The van der Waals surface area contributed by atoms with Gasteiger partial charge in [0, 0.05) is 17.8 Å². The summed E-state index contributed by atoms with van der Waals surface area (Å²) in [7, 11) is 0. The van der Waals surface area contributed by atoms with Crippen molar-refractivity contribution in [2.45, 2.75) is 32.4 Å². The van der Waals surface area contributed by atoms with Gasteiger partial charge in [0.15, 0.2) is 5.13 Å². The van der Waals surface area contributed by atoms with Crippen LogP contribution in [0.25, 0.3) is 10.4 Å². The van der Waals surface area contributed by atoms with Gasteiger partial charge in [-0.2, -0.15) is 13.2 Å². The summed E-state index contributed by atoms with van der Waals surface area (Å²) in [6.45, 7) is 1.85. The number of rotatable bonds is 5. The third-order valence-electron chi connectivity index (χ3n) is 4.99. The molecule has 2 aromatic heterocycles. The van der Waals surface area contributed by atoms with Crippen molar-refractivity contribution in [3.05, 3.63) is 53.9 Å². The van der Waals surface area contributed by atoms with Crippen LogP contribution in [0.2, 0.25) is 0 Å². The van der Waals surface area contributed by atoms with Crippen LogP contribution in [0, 0.1) is 12.8 Å². The number of nitrogens with one attached hydrogen (secondary N) is 2. The molecule has 1 fully saturated rings. The smallest absolute Gasteiger partial charge is 0.340 e. The largest absolute Gasteiger partial charge is 0.416 e. The monoisotopic (exact) mass is 432 g/mol. The molecule has 2 N–H and O–H groups in total. The Hall–Kier alpha value is -2.94. The molecule has 156 valence electrons. The topological polar surface area (TPSA) is 66.9 Å². The maximum atomic E-state index is 12.9. The van der Waals surface area contributed by atoms with Crippen LogP contribution in [-0.2, 0) is 11.0 Å². The van der Waals surface area contributed by atoms with E-state index >= 15 is 0 Å². The van der Waals surface area contributed by atoms with Crippen LogP contribution in [0.1, 0.15) is 30.5 Å². The molecule has 5 nitrogen and oxygen atoms in total. The number of halogens is 3. The van der Waals surface area contributed by atoms with Gasteiger partial charge in [-0.1, -0.05) is 23.8 Å². The molecule has 4 rings (SSSR count). The minimum absolute atomic E-state index is 0.00294. The van der Waals surface area contributed by atoms with Crippen molar-refractivity contribution in [1.82, 2.24) is 9.97 Å². The molecule has 0 unspecified atom stereocenters. The van der Waals surface area contributed by atoms with E-state index in [1.807, 2.05) is 6.92 Å². The second kappa shape index (κ2) is 8.06. The van der Waals surface area contributed by atoms with Gasteiger partial charge in [0.25, 0.3) is 0 Å². The number of pyridine rings is 1. The van der Waals surface area contributed by atoms with Gasteiger partial charge < -0.3 is 10.6 Å². The first-order chi connectivity index (χ1) is 14.3. The molecule has 0 atom stereocenters. The molecule has 1 amide bonds. The van der Waals surface area contributed by atoms with E-state index in [9.17, 15) is 18.0 Å². The number of anilines is 3. The van der Waals surface area contributed by atoms with Gasteiger partial charge in [-0.3, -0.25) is 4.79 Å². The van der Waals surface area contributed by atoms with Crippen molar-refractivity contribution in [2.24, 2.45) is 5.92 Å². The Balaban J connectivity index is 1.53. The van der Waals surface area contributed by atoms with Crippen molar-refractivity contribution in [3.63, 3.8) is 0 Å². The van der Waals surface area contributed by atoms with E-state index in [1.165, 1.54) is 17.4 Å². The van der Waals surface area contributed by atoms with Crippen LogP contribution in [-0.4, -0.2) is 15.9 Å². The molecule has 1 aliphatic rings. The number of benzene rings is 1. The standard InChI is InChI=1S/C21H19F3N4OS/c1-12-18(30-20(26-12)28-19(29)13-4-2-5-13)14-8-9-25-17(10-14)27-16-7-3-6-15(11-16)21(22,23)24/h3,6-11,13H,2,4-5H2,1H3,(H,25,27)(H,26,28,29). The summed E-state index contributed by atoms with van der Waals surface area (Å²) in [5, 5.41) is 6.34. The van der Waals surface area contributed by atoms with Crippen molar-refractivity contribution in [3.8, 4) is 10.4 Å². The summed E-state index contributed by atoms with van der Waals surface area (Å²) in [5.74, 6) is 0.490. The molecular formula is C21H19F3N4OS. The Bertz CT molecular complexity index is 1080. The average Bonchev–Trinajstić information content (AvgIpc) is 3.00. The maximum absolute atomic E-state index is 12.9. The van der Waals surface area contributed by atoms with Crippen LogP contribution < -0.4 is 10.6 Å². The fourth-order valence-electron chi connectivity index (χ4n) is 3.16. The van der Waals surface area contributed by atoms with Crippen LogP contribution in [0.4, 0.5) is 29.8 Å². The highest BCUT2D eigenvalue weighted by molar-refractivity contribution is 7.19. The summed E-state index contributed by atoms with van der Waals surface area (Å²) < 4.78 is 38.8. The lowest BCUT2D eigenvalue weighted by atomic mass is 9.85. The average molecular weight is 432 g/mol. The first-order valence-corrected chi connectivity index (χ1v) is 10.3. The molecule has 1 aliphatic carbocycles. The molecular weight excluding hydrogens is 413 g/mol. The zero-order chi connectivity index (χ0) is 21.3. The molecule has 1 aromatic carbocycles. The summed E-state index contributed by atoms with van der Waals surface area (Å²) in [6, 6.07) is 8.51. The predicted molar refractivity (Wildman–Crippen MR) is 111 cm³/mol. The second-order valence-electron chi connectivity index (χ2n) is 7.18. The van der Waals surface area contributed by atoms with Gasteiger partial charge in [0.2, 0.25) is 5.91 Å².